The van der Waals surface area contributed by atoms with E-state index in [0.29, 0.717) is 0 Å². The number of nitro groups is 1. The molecule has 1 aromatic rings. The van der Waals surface area contributed by atoms with E-state index in [1.54, 1.807) is 0 Å². The summed E-state index contributed by atoms with van der Waals surface area (Å²) >= 11 is 5.40. The van der Waals surface area contributed by atoms with E-state index in [4.69, 9.17) is 11.6 Å². The van der Waals surface area contributed by atoms with Gasteiger partial charge in [-0.1, -0.05) is 0 Å². The van der Waals surface area contributed by atoms with Crippen LogP contribution in [0.4, 0.5) is 14.5 Å². The summed E-state index contributed by atoms with van der Waals surface area (Å²) in [5.74, 6) is -0.643. The van der Waals surface area contributed by atoms with Crippen molar-refractivity contribution in [3.63, 3.8) is 0 Å². The average molecular weight is 253 g/mol. The van der Waals surface area contributed by atoms with Crippen molar-refractivity contribution in [3.8, 4) is 5.75 Å². The molecule has 1 aromatic heterocycles. The Morgan fingerprint density at radius 3 is 2.69 bits per heavy atom. The first-order valence-electron chi connectivity index (χ1n) is 4.07. The normalized spacial score (nSPS) is 10.6. The SMILES string of the molecule is COc1cc([N+](=O)[O-])c(CCl)nc1C(F)F. The largest absolute Gasteiger partial charge is 0.494 e. The van der Waals surface area contributed by atoms with Crippen LogP contribution in [0, 0.1) is 10.1 Å². The van der Waals surface area contributed by atoms with Gasteiger partial charge in [0.05, 0.1) is 24.0 Å². The van der Waals surface area contributed by atoms with Crippen molar-refractivity contribution in [2.45, 2.75) is 12.3 Å². The zero-order valence-corrected chi connectivity index (χ0v) is 8.87. The van der Waals surface area contributed by atoms with Gasteiger partial charge < -0.3 is 4.74 Å². The van der Waals surface area contributed by atoms with Gasteiger partial charge in [-0.2, -0.15) is 0 Å². The number of nitrogens with zero attached hydrogens (tertiary/aromatic N) is 2. The van der Waals surface area contributed by atoms with E-state index in [-0.39, 0.29) is 17.3 Å². The van der Waals surface area contributed by atoms with Gasteiger partial charge in [0.2, 0.25) is 0 Å². The van der Waals surface area contributed by atoms with Gasteiger partial charge in [0, 0.05) is 0 Å². The molecule has 0 radical (unpaired) electrons. The van der Waals surface area contributed by atoms with E-state index in [2.05, 4.69) is 9.72 Å². The molecular weight excluding hydrogens is 246 g/mol. The predicted molar refractivity (Wildman–Crippen MR) is 52.0 cm³/mol. The summed E-state index contributed by atoms with van der Waals surface area (Å²) in [6.07, 6.45) is -2.88. The second kappa shape index (κ2) is 5.02. The third-order valence-corrected chi connectivity index (χ3v) is 2.07. The Kier molecular flexibility index (Phi) is 3.94. The van der Waals surface area contributed by atoms with Crippen molar-refractivity contribution in [3.05, 3.63) is 27.6 Å². The summed E-state index contributed by atoms with van der Waals surface area (Å²) in [7, 11) is 1.13. The van der Waals surface area contributed by atoms with Gasteiger partial charge in [-0.3, -0.25) is 10.1 Å². The summed E-state index contributed by atoms with van der Waals surface area (Å²) < 4.78 is 29.6. The van der Waals surface area contributed by atoms with Crippen LogP contribution in [-0.2, 0) is 5.88 Å². The third kappa shape index (κ3) is 2.35. The molecule has 0 aliphatic heterocycles. The maximum Gasteiger partial charge on any atom is 0.295 e. The fourth-order valence-electron chi connectivity index (χ4n) is 1.12. The lowest BCUT2D eigenvalue weighted by Crippen LogP contribution is -2.03. The number of hydrogen-bond donors (Lipinski definition) is 0. The third-order valence-electron chi connectivity index (χ3n) is 1.82. The smallest absolute Gasteiger partial charge is 0.295 e. The predicted octanol–water partition coefficient (Wildman–Crippen LogP) is 2.67. The molecule has 1 heterocycles. The first-order valence-corrected chi connectivity index (χ1v) is 4.61. The second-order valence-electron chi connectivity index (χ2n) is 2.73. The molecule has 0 bridgehead atoms. The fourth-order valence-corrected chi connectivity index (χ4v) is 1.31. The van der Waals surface area contributed by atoms with Crippen molar-refractivity contribution in [2.75, 3.05) is 7.11 Å². The number of rotatable bonds is 4. The van der Waals surface area contributed by atoms with Crippen LogP contribution in [-0.4, -0.2) is 17.0 Å². The Morgan fingerprint density at radius 1 is 1.69 bits per heavy atom. The summed E-state index contributed by atoms with van der Waals surface area (Å²) in [6.45, 7) is 0. The Balaban J connectivity index is 3.40. The van der Waals surface area contributed by atoms with Gasteiger partial charge in [-0.15, -0.1) is 11.6 Å². The monoisotopic (exact) mass is 252 g/mol. The molecule has 0 aromatic carbocycles. The molecule has 0 spiro atoms. The Labute approximate surface area is 94.1 Å². The molecule has 0 atom stereocenters. The molecule has 8 heteroatoms. The number of aromatic nitrogens is 1. The number of methoxy groups -OCH3 is 1. The van der Waals surface area contributed by atoms with Crippen LogP contribution < -0.4 is 4.74 Å². The summed E-state index contributed by atoms with van der Waals surface area (Å²) in [6, 6.07) is 0.895. The van der Waals surface area contributed by atoms with Crippen LogP contribution in [0.5, 0.6) is 5.75 Å². The van der Waals surface area contributed by atoms with E-state index in [1.165, 1.54) is 0 Å². The number of alkyl halides is 3. The van der Waals surface area contributed by atoms with Crippen LogP contribution in [0.1, 0.15) is 17.8 Å². The molecule has 0 saturated heterocycles. The maximum absolute atomic E-state index is 12.5. The van der Waals surface area contributed by atoms with Crippen LogP contribution in [0.15, 0.2) is 6.07 Å². The highest BCUT2D eigenvalue weighted by molar-refractivity contribution is 6.17. The van der Waals surface area contributed by atoms with Crippen molar-refractivity contribution in [1.29, 1.82) is 0 Å². The highest BCUT2D eigenvalue weighted by atomic mass is 35.5. The lowest BCUT2D eigenvalue weighted by molar-refractivity contribution is -0.385. The molecule has 16 heavy (non-hydrogen) atoms. The molecule has 88 valence electrons. The quantitative estimate of drug-likeness (QED) is 0.469. The van der Waals surface area contributed by atoms with Gasteiger partial charge in [-0.05, 0) is 0 Å². The summed E-state index contributed by atoms with van der Waals surface area (Å²) in [5, 5.41) is 10.6. The van der Waals surface area contributed by atoms with Gasteiger partial charge in [0.1, 0.15) is 11.4 Å². The number of hydrogen-bond acceptors (Lipinski definition) is 4. The van der Waals surface area contributed by atoms with E-state index in [9.17, 15) is 18.9 Å². The standard InChI is InChI=1S/C8H7ClF2N2O3/c1-16-6-2-5(13(14)15)4(3-9)12-7(6)8(10)11/h2,8H,3H2,1H3. The van der Waals surface area contributed by atoms with Gasteiger partial charge in [-0.25, -0.2) is 13.8 Å². The minimum atomic E-state index is -2.88. The molecule has 0 unspecified atom stereocenters. The minimum absolute atomic E-state index is 0.206. The molecule has 0 fully saturated rings. The molecule has 5 nitrogen and oxygen atoms in total. The topological polar surface area (TPSA) is 65.3 Å². The molecule has 0 amide bonds. The van der Waals surface area contributed by atoms with E-state index in [1.807, 2.05) is 0 Å². The second-order valence-corrected chi connectivity index (χ2v) is 3.00. The van der Waals surface area contributed by atoms with Crippen LogP contribution >= 0.6 is 11.6 Å². The summed E-state index contributed by atoms with van der Waals surface area (Å²) in [5.41, 5.74) is -1.29. The maximum atomic E-state index is 12.5. The average Bonchev–Trinajstić information content (AvgIpc) is 2.26. The zero-order chi connectivity index (χ0) is 12.3. The van der Waals surface area contributed by atoms with E-state index >= 15 is 0 Å². The zero-order valence-electron chi connectivity index (χ0n) is 8.11. The molecule has 0 saturated carbocycles. The van der Waals surface area contributed by atoms with E-state index < -0.39 is 22.7 Å². The van der Waals surface area contributed by atoms with Crippen LogP contribution in [0.2, 0.25) is 0 Å². The summed E-state index contributed by atoms with van der Waals surface area (Å²) in [4.78, 5) is 13.3. The Morgan fingerprint density at radius 2 is 2.31 bits per heavy atom. The number of pyridine rings is 1. The van der Waals surface area contributed by atoms with Gasteiger partial charge in [0.15, 0.2) is 5.75 Å². The lowest BCUT2D eigenvalue weighted by Gasteiger charge is -2.08. The number of ether oxygens (including phenoxy) is 1. The Bertz CT molecular complexity index is 415. The Hall–Kier alpha value is -1.50. The highest BCUT2D eigenvalue weighted by Gasteiger charge is 2.24. The van der Waals surface area contributed by atoms with Gasteiger partial charge >= 0.3 is 0 Å². The van der Waals surface area contributed by atoms with Crippen molar-refractivity contribution < 1.29 is 18.4 Å². The molecule has 0 aliphatic rings. The molecule has 1 rings (SSSR count). The van der Waals surface area contributed by atoms with Crippen LogP contribution in [0.3, 0.4) is 0 Å². The highest BCUT2D eigenvalue weighted by Crippen LogP contribution is 2.32. The molecule has 0 N–H and O–H groups in total. The van der Waals surface area contributed by atoms with E-state index in [0.717, 1.165) is 13.2 Å². The first-order chi connectivity index (χ1) is 7.51. The molecular formula is C8H7ClF2N2O3. The van der Waals surface area contributed by atoms with Crippen LogP contribution in [0.25, 0.3) is 0 Å². The van der Waals surface area contributed by atoms with Crippen molar-refractivity contribution in [2.24, 2.45) is 0 Å². The fraction of sp³-hybridized carbons (Fsp3) is 0.375. The molecule has 0 aliphatic carbocycles. The first kappa shape index (κ1) is 12.6. The van der Waals surface area contributed by atoms with Crippen molar-refractivity contribution in [1.82, 2.24) is 4.98 Å². The minimum Gasteiger partial charge on any atom is -0.494 e. The number of halogens is 3. The lowest BCUT2D eigenvalue weighted by atomic mass is 10.2. The van der Waals surface area contributed by atoms with Gasteiger partial charge in [0.25, 0.3) is 12.1 Å². The van der Waals surface area contributed by atoms with Crippen molar-refractivity contribution >= 4 is 17.3 Å².